The maximum atomic E-state index is 12.5. The summed E-state index contributed by atoms with van der Waals surface area (Å²) in [6.45, 7) is 4.58. The Balaban J connectivity index is 2.15. The molecule has 1 heterocycles. The molecule has 1 aromatic carbocycles. The van der Waals surface area contributed by atoms with Crippen molar-refractivity contribution in [2.24, 2.45) is 0 Å². The zero-order valence-electron chi connectivity index (χ0n) is 13.0. The van der Waals surface area contributed by atoms with Crippen molar-refractivity contribution in [3.05, 3.63) is 35.4 Å². The molecule has 0 N–H and O–H groups in total. The SMILES string of the molecule is Cc1ccccc1C1CN(S(=O)(=O)CCCC#N)C(C)CO1. The van der Waals surface area contributed by atoms with Crippen LogP contribution in [0.15, 0.2) is 24.3 Å². The number of morpholine rings is 1. The summed E-state index contributed by atoms with van der Waals surface area (Å²) in [6.07, 6.45) is 0.403. The molecular formula is C16H22N2O3S. The molecule has 22 heavy (non-hydrogen) atoms. The van der Waals surface area contributed by atoms with E-state index in [1.165, 1.54) is 4.31 Å². The predicted octanol–water partition coefficient (Wildman–Crippen LogP) is 2.39. The average Bonchev–Trinajstić information content (AvgIpc) is 2.48. The molecule has 2 rings (SSSR count). The quantitative estimate of drug-likeness (QED) is 0.780. The first-order valence-corrected chi connectivity index (χ1v) is 9.10. The van der Waals surface area contributed by atoms with Crippen LogP contribution in [0.5, 0.6) is 0 Å². The number of nitrogens with zero attached hydrogens (tertiary/aromatic N) is 2. The van der Waals surface area contributed by atoms with Gasteiger partial charge in [-0.2, -0.15) is 9.57 Å². The Morgan fingerprint density at radius 2 is 2.14 bits per heavy atom. The molecule has 120 valence electrons. The van der Waals surface area contributed by atoms with E-state index in [0.29, 0.717) is 19.6 Å². The average molecular weight is 322 g/mol. The molecule has 1 aliphatic heterocycles. The summed E-state index contributed by atoms with van der Waals surface area (Å²) < 4.78 is 32.4. The minimum absolute atomic E-state index is 0.0192. The van der Waals surface area contributed by atoms with Crippen LogP contribution < -0.4 is 0 Å². The summed E-state index contributed by atoms with van der Waals surface area (Å²) in [5.41, 5.74) is 2.13. The fourth-order valence-electron chi connectivity index (χ4n) is 2.71. The lowest BCUT2D eigenvalue weighted by Gasteiger charge is -2.37. The van der Waals surface area contributed by atoms with Gasteiger partial charge in [-0.05, 0) is 31.4 Å². The minimum Gasteiger partial charge on any atom is -0.370 e. The highest BCUT2D eigenvalue weighted by Crippen LogP contribution is 2.29. The molecule has 0 radical (unpaired) electrons. The van der Waals surface area contributed by atoms with Crippen molar-refractivity contribution in [2.75, 3.05) is 18.9 Å². The number of ether oxygens (including phenoxy) is 1. The van der Waals surface area contributed by atoms with Gasteiger partial charge in [0.2, 0.25) is 10.0 Å². The van der Waals surface area contributed by atoms with Crippen molar-refractivity contribution >= 4 is 10.0 Å². The third kappa shape index (κ3) is 3.86. The Bertz CT molecular complexity index is 652. The molecule has 5 nitrogen and oxygen atoms in total. The molecule has 1 saturated heterocycles. The molecule has 1 aliphatic rings. The Kier molecular flexibility index (Phi) is 5.57. The van der Waals surface area contributed by atoms with Crippen molar-refractivity contribution in [1.29, 1.82) is 5.26 Å². The second-order valence-corrected chi connectivity index (χ2v) is 7.72. The van der Waals surface area contributed by atoms with Crippen LogP contribution in [0.25, 0.3) is 0 Å². The van der Waals surface area contributed by atoms with E-state index in [1.807, 2.05) is 44.2 Å². The van der Waals surface area contributed by atoms with Crippen LogP contribution in [0.4, 0.5) is 0 Å². The normalized spacial score (nSPS) is 23.1. The smallest absolute Gasteiger partial charge is 0.214 e. The van der Waals surface area contributed by atoms with Crippen LogP contribution in [0.3, 0.4) is 0 Å². The summed E-state index contributed by atoms with van der Waals surface area (Å²) in [7, 11) is -3.36. The monoisotopic (exact) mass is 322 g/mol. The van der Waals surface area contributed by atoms with Crippen molar-refractivity contribution in [3.63, 3.8) is 0 Å². The number of nitriles is 1. The molecule has 1 aromatic rings. The summed E-state index contributed by atoms with van der Waals surface area (Å²) in [5.74, 6) is 0.0192. The Morgan fingerprint density at radius 1 is 1.41 bits per heavy atom. The first-order valence-electron chi connectivity index (χ1n) is 7.49. The summed E-state index contributed by atoms with van der Waals surface area (Å²) in [6, 6.07) is 9.70. The van der Waals surface area contributed by atoms with E-state index in [1.54, 1.807) is 0 Å². The van der Waals surface area contributed by atoms with E-state index in [-0.39, 0.29) is 24.3 Å². The van der Waals surface area contributed by atoms with Crippen LogP contribution in [-0.4, -0.2) is 37.7 Å². The standard InChI is InChI=1S/C16H22N2O3S/c1-13-7-3-4-8-15(13)16-11-18(14(2)12-21-16)22(19,20)10-6-5-9-17/h3-4,7-8,14,16H,5-6,10-12H2,1-2H3. The molecule has 0 saturated carbocycles. The van der Waals surface area contributed by atoms with Crippen molar-refractivity contribution in [1.82, 2.24) is 4.31 Å². The molecular weight excluding hydrogens is 300 g/mol. The van der Waals surface area contributed by atoms with Crippen LogP contribution in [0.1, 0.15) is 37.0 Å². The fraction of sp³-hybridized carbons (Fsp3) is 0.562. The van der Waals surface area contributed by atoms with Gasteiger partial charge >= 0.3 is 0 Å². The number of hydrogen-bond donors (Lipinski definition) is 0. The highest BCUT2D eigenvalue weighted by Gasteiger charge is 2.35. The van der Waals surface area contributed by atoms with Crippen LogP contribution in [-0.2, 0) is 14.8 Å². The maximum Gasteiger partial charge on any atom is 0.214 e. The van der Waals surface area contributed by atoms with Gasteiger partial charge in [0, 0.05) is 19.0 Å². The maximum absolute atomic E-state index is 12.5. The lowest BCUT2D eigenvalue weighted by Crippen LogP contribution is -2.49. The van der Waals surface area contributed by atoms with Gasteiger partial charge in [0.25, 0.3) is 0 Å². The van der Waals surface area contributed by atoms with Crippen LogP contribution >= 0.6 is 0 Å². The third-order valence-electron chi connectivity index (χ3n) is 3.96. The van der Waals surface area contributed by atoms with Gasteiger partial charge in [0.05, 0.1) is 24.5 Å². The van der Waals surface area contributed by atoms with Gasteiger partial charge in [-0.15, -0.1) is 0 Å². The van der Waals surface area contributed by atoms with E-state index >= 15 is 0 Å². The number of aryl methyl sites for hydroxylation is 1. The van der Waals surface area contributed by atoms with Gasteiger partial charge < -0.3 is 4.74 Å². The first-order chi connectivity index (χ1) is 10.5. The number of sulfonamides is 1. The van der Waals surface area contributed by atoms with Gasteiger partial charge in [0.1, 0.15) is 0 Å². The zero-order valence-corrected chi connectivity index (χ0v) is 13.8. The Labute approximate surface area is 132 Å². The second kappa shape index (κ2) is 7.23. The van der Waals surface area contributed by atoms with Gasteiger partial charge in [-0.3, -0.25) is 0 Å². The molecule has 0 aliphatic carbocycles. The molecule has 0 aromatic heterocycles. The number of rotatable bonds is 5. The van der Waals surface area contributed by atoms with Crippen LogP contribution in [0, 0.1) is 18.3 Å². The van der Waals surface area contributed by atoms with Crippen molar-refractivity contribution in [3.8, 4) is 6.07 Å². The van der Waals surface area contributed by atoms with E-state index in [9.17, 15) is 8.42 Å². The summed E-state index contributed by atoms with van der Waals surface area (Å²) in [4.78, 5) is 0. The van der Waals surface area contributed by atoms with Crippen molar-refractivity contribution in [2.45, 2.75) is 38.8 Å². The molecule has 2 atom stereocenters. The Hall–Kier alpha value is -1.42. The lowest BCUT2D eigenvalue weighted by molar-refractivity contribution is -0.0291. The zero-order chi connectivity index (χ0) is 16.2. The van der Waals surface area contributed by atoms with E-state index in [0.717, 1.165) is 11.1 Å². The van der Waals surface area contributed by atoms with Gasteiger partial charge in [0.15, 0.2) is 0 Å². The number of unbranched alkanes of at least 4 members (excludes halogenated alkanes) is 1. The van der Waals surface area contributed by atoms with E-state index < -0.39 is 10.0 Å². The lowest BCUT2D eigenvalue weighted by atomic mass is 10.0. The summed E-state index contributed by atoms with van der Waals surface area (Å²) >= 11 is 0. The molecule has 6 heteroatoms. The second-order valence-electron chi connectivity index (χ2n) is 5.67. The topological polar surface area (TPSA) is 70.4 Å². The van der Waals surface area contributed by atoms with E-state index in [4.69, 9.17) is 10.00 Å². The molecule has 0 spiro atoms. The molecule has 0 amide bonds. The predicted molar refractivity (Wildman–Crippen MR) is 84.7 cm³/mol. The first kappa shape index (κ1) is 16.9. The number of benzene rings is 1. The fourth-order valence-corrected chi connectivity index (χ4v) is 4.42. The highest BCUT2D eigenvalue weighted by molar-refractivity contribution is 7.89. The summed E-state index contributed by atoms with van der Waals surface area (Å²) in [5, 5.41) is 8.57. The molecule has 2 unspecified atom stereocenters. The largest absolute Gasteiger partial charge is 0.370 e. The third-order valence-corrected chi connectivity index (χ3v) is 5.99. The molecule has 0 bridgehead atoms. The van der Waals surface area contributed by atoms with Crippen molar-refractivity contribution < 1.29 is 13.2 Å². The number of hydrogen-bond acceptors (Lipinski definition) is 4. The van der Waals surface area contributed by atoms with Gasteiger partial charge in [-0.1, -0.05) is 24.3 Å². The highest BCUT2D eigenvalue weighted by atomic mass is 32.2. The Morgan fingerprint density at radius 3 is 2.82 bits per heavy atom. The van der Waals surface area contributed by atoms with Gasteiger partial charge in [-0.25, -0.2) is 8.42 Å². The van der Waals surface area contributed by atoms with E-state index in [2.05, 4.69) is 0 Å². The van der Waals surface area contributed by atoms with Crippen LogP contribution in [0.2, 0.25) is 0 Å². The molecule has 1 fully saturated rings. The minimum atomic E-state index is -3.36.